The van der Waals surface area contributed by atoms with Crippen LogP contribution in [0.4, 0.5) is 0 Å². The molecule has 0 aliphatic carbocycles. The lowest BCUT2D eigenvalue weighted by atomic mass is 10.1. The number of thioether (sulfide) groups is 1. The maximum absolute atomic E-state index is 11.6. The molecule has 4 atom stereocenters. The summed E-state index contributed by atoms with van der Waals surface area (Å²) >= 11 is 7.09. The summed E-state index contributed by atoms with van der Waals surface area (Å²) < 4.78 is 21.6. The van der Waals surface area contributed by atoms with Crippen LogP contribution in [0, 0.1) is 0 Å². The summed E-state index contributed by atoms with van der Waals surface area (Å²) in [5.74, 6) is -1.23. The average molecular weight is 404 g/mol. The number of rotatable bonds is 5. The zero-order valence-electron chi connectivity index (χ0n) is 14.3. The van der Waals surface area contributed by atoms with Gasteiger partial charge < -0.3 is 18.9 Å². The number of ether oxygens (including phenoxy) is 4. The van der Waals surface area contributed by atoms with Crippen molar-refractivity contribution in [2.24, 2.45) is 0 Å². The first kappa shape index (κ1) is 20.3. The molecule has 142 valence electrons. The molecule has 0 N–H and O–H groups in total. The fourth-order valence-corrected chi connectivity index (χ4v) is 3.74. The van der Waals surface area contributed by atoms with Crippen molar-refractivity contribution in [3.8, 4) is 5.88 Å². The Hall–Kier alpha value is -2.00. The van der Waals surface area contributed by atoms with Gasteiger partial charge in [0, 0.05) is 32.6 Å². The summed E-state index contributed by atoms with van der Waals surface area (Å²) in [7, 11) is 0. The molecule has 1 aromatic heterocycles. The van der Waals surface area contributed by atoms with E-state index in [1.165, 1.54) is 32.5 Å². The summed E-state index contributed by atoms with van der Waals surface area (Å²) in [6, 6.07) is 4.84. The molecule has 26 heavy (non-hydrogen) atoms. The number of hydrogen-bond acceptors (Lipinski definition) is 9. The fraction of sp³-hybridized carbons (Fsp3) is 0.500. The lowest BCUT2D eigenvalue weighted by Crippen LogP contribution is -2.55. The van der Waals surface area contributed by atoms with E-state index in [0.717, 1.165) is 0 Å². The number of carbonyl (C=O) groups excluding carboxylic acids is 3. The largest absolute Gasteiger partial charge is 0.459 e. The molecule has 1 aliphatic heterocycles. The molecule has 0 spiro atoms. The van der Waals surface area contributed by atoms with E-state index < -0.39 is 41.7 Å². The normalized spacial score (nSPS) is 25.1. The predicted octanol–water partition coefficient (Wildman–Crippen LogP) is 1.98. The van der Waals surface area contributed by atoms with Gasteiger partial charge in [-0.2, -0.15) is 0 Å². The summed E-state index contributed by atoms with van der Waals surface area (Å²) in [6.45, 7) is 3.68. The minimum Gasteiger partial charge on any atom is -0.459 e. The maximum Gasteiger partial charge on any atom is 0.303 e. The summed E-state index contributed by atoms with van der Waals surface area (Å²) in [6.07, 6.45) is -2.79. The van der Waals surface area contributed by atoms with Gasteiger partial charge in [0.25, 0.3) is 0 Å². The Morgan fingerprint density at radius 3 is 2.23 bits per heavy atom. The van der Waals surface area contributed by atoms with E-state index in [-0.39, 0.29) is 16.8 Å². The molecular weight excluding hydrogens is 386 g/mol. The summed E-state index contributed by atoms with van der Waals surface area (Å²) in [4.78, 5) is 38.4. The van der Waals surface area contributed by atoms with Gasteiger partial charge in [-0.3, -0.25) is 14.4 Å². The van der Waals surface area contributed by atoms with Crippen molar-refractivity contribution in [2.75, 3.05) is 5.75 Å². The van der Waals surface area contributed by atoms with Crippen LogP contribution in [0.5, 0.6) is 5.88 Å². The Morgan fingerprint density at radius 1 is 1.04 bits per heavy atom. The molecule has 8 nitrogen and oxygen atoms in total. The first-order valence-electron chi connectivity index (χ1n) is 7.68. The molecule has 0 radical (unpaired) electrons. The zero-order chi connectivity index (χ0) is 19.3. The van der Waals surface area contributed by atoms with Gasteiger partial charge in [-0.25, -0.2) is 4.98 Å². The van der Waals surface area contributed by atoms with E-state index in [0.29, 0.717) is 0 Å². The monoisotopic (exact) mass is 403 g/mol. The van der Waals surface area contributed by atoms with Crippen LogP contribution in [0.1, 0.15) is 20.8 Å². The molecule has 0 saturated carbocycles. The third-order valence-corrected chi connectivity index (χ3v) is 4.66. The maximum atomic E-state index is 11.6. The molecule has 0 aromatic carbocycles. The molecule has 1 aromatic rings. The highest BCUT2D eigenvalue weighted by atomic mass is 35.5. The van der Waals surface area contributed by atoms with Gasteiger partial charge in [0.05, 0.1) is 0 Å². The zero-order valence-corrected chi connectivity index (χ0v) is 15.9. The second-order valence-corrected chi connectivity index (χ2v) is 6.93. The molecule has 0 amide bonds. The Balaban J connectivity index is 2.27. The Kier molecular flexibility index (Phi) is 7.10. The molecule has 1 aliphatic rings. The van der Waals surface area contributed by atoms with E-state index in [4.69, 9.17) is 30.5 Å². The average Bonchev–Trinajstić information content (AvgIpc) is 2.51. The number of nitrogens with zero attached hydrogens (tertiary/aromatic N) is 1. The second kappa shape index (κ2) is 9.09. The highest BCUT2D eigenvalue weighted by Crippen LogP contribution is 2.34. The van der Waals surface area contributed by atoms with Gasteiger partial charge in [0.1, 0.15) is 5.15 Å². The second-order valence-electron chi connectivity index (χ2n) is 5.41. The van der Waals surface area contributed by atoms with Crippen molar-refractivity contribution < 1.29 is 33.3 Å². The van der Waals surface area contributed by atoms with E-state index >= 15 is 0 Å². The first-order chi connectivity index (χ1) is 12.3. The van der Waals surface area contributed by atoms with Gasteiger partial charge in [-0.05, 0) is 6.07 Å². The smallest absolute Gasteiger partial charge is 0.303 e. The van der Waals surface area contributed by atoms with Gasteiger partial charge in [0.2, 0.25) is 5.88 Å². The predicted molar refractivity (Wildman–Crippen MR) is 92.8 cm³/mol. The van der Waals surface area contributed by atoms with Gasteiger partial charge in [-0.1, -0.05) is 17.7 Å². The van der Waals surface area contributed by atoms with E-state index in [1.807, 2.05) is 0 Å². The molecule has 2 rings (SSSR count). The van der Waals surface area contributed by atoms with Crippen LogP contribution in [0.25, 0.3) is 0 Å². The molecule has 1 fully saturated rings. The van der Waals surface area contributed by atoms with Crippen LogP contribution in [0.3, 0.4) is 0 Å². The summed E-state index contributed by atoms with van der Waals surface area (Å²) in [5.41, 5.74) is -0.735. The number of aromatic nitrogens is 1. The number of hydrogen-bond donors (Lipinski definition) is 0. The van der Waals surface area contributed by atoms with Crippen molar-refractivity contribution >= 4 is 41.3 Å². The Morgan fingerprint density at radius 2 is 1.65 bits per heavy atom. The van der Waals surface area contributed by atoms with Crippen LogP contribution in [0.15, 0.2) is 18.2 Å². The van der Waals surface area contributed by atoms with Crippen LogP contribution < -0.4 is 4.74 Å². The third-order valence-electron chi connectivity index (χ3n) is 3.23. The quantitative estimate of drug-likeness (QED) is 0.415. The lowest BCUT2D eigenvalue weighted by Gasteiger charge is -2.39. The van der Waals surface area contributed by atoms with Crippen molar-refractivity contribution in [1.82, 2.24) is 4.98 Å². The molecule has 1 saturated heterocycles. The highest BCUT2D eigenvalue weighted by molar-refractivity contribution is 7.99. The summed E-state index contributed by atoms with van der Waals surface area (Å²) in [5, 5.41) is 0.238. The van der Waals surface area contributed by atoms with Crippen molar-refractivity contribution in [3.05, 3.63) is 23.4 Å². The number of esters is 3. The molecule has 1 unspecified atom stereocenters. The number of pyridine rings is 1. The first-order valence-corrected chi connectivity index (χ1v) is 9.11. The minimum absolute atomic E-state index is 0.222. The van der Waals surface area contributed by atoms with E-state index in [2.05, 4.69) is 4.98 Å². The minimum atomic E-state index is -1.01. The van der Waals surface area contributed by atoms with Crippen LogP contribution in [-0.2, 0) is 28.6 Å². The van der Waals surface area contributed by atoms with Crippen molar-refractivity contribution in [3.63, 3.8) is 0 Å². The van der Waals surface area contributed by atoms with Crippen LogP contribution in [-0.4, -0.2) is 52.4 Å². The Bertz CT molecular complexity index is 686. The molecule has 10 heteroatoms. The third kappa shape index (κ3) is 5.77. The van der Waals surface area contributed by atoms with Crippen molar-refractivity contribution in [1.29, 1.82) is 0 Å². The van der Waals surface area contributed by atoms with Gasteiger partial charge >= 0.3 is 17.9 Å². The van der Waals surface area contributed by atoms with E-state index in [9.17, 15) is 14.4 Å². The van der Waals surface area contributed by atoms with Crippen LogP contribution >= 0.6 is 23.4 Å². The van der Waals surface area contributed by atoms with Gasteiger partial charge in [-0.15, -0.1) is 11.8 Å². The number of carbonyl (C=O) groups is 3. The van der Waals surface area contributed by atoms with Crippen LogP contribution in [0.2, 0.25) is 5.15 Å². The highest BCUT2D eigenvalue weighted by Gasteiger charge is 2.47. The fourth-order valence-electron chi connectivity index (χ4n) is 2.38. The molecule has 0 bridgehead atoms. The topological polar surface area (TPSA) is 101 Å². The number of halogens is 1. The SMILES string of the molecule is CC(=O)O[C@H]1[C@H](OC(C)=O)CSC(Oc2cccc(Cl)n2)[C@@H]1OC(C)=O. The standard InChI is InChI=1S/C16H18ClNO7S/c1-8(19)22-11-7-26-16(25-13-6-4-5-12(17)18-13)15(24-10(3)21)14(11)23-9(2)20/h4-6,11,14-16H,7H2,1-3H3/t11-,14+,15-,16?/m1/s1. The molecule has 2 heterocycles. The van der Waals surface area contributed by atoms with Crippen molar-refractivity contribution in [2.45, 2.75) is 44.5 Å². The Labute approximate surface area is 159 Å². The van der Waals surface area contributed by atoms with Gasteiger partial charge in [0.15, 0.2) is 23.7 Å². The lowest BCUT2D eigenvalue weighted by molar-refractivity contribution is -0.186. The van der Waals surface area contributed by atoms with E-state index in [1.54, 1.807) is 18.2 Å². The molecular formula is C16H18ClNO7S.